The van der Waals surface area contributed by atoms with Crippen molar-refractivity contribution in [3.8, 4) is 0 Å². The fourth-order valence-corrected chi connectivity index (χ4v) is 1.47. The number of nitrogens with zero attached hydrogens (tertiary/aromatic N) is 2. The first kappa shape index (κ1) is 12.8. The van der Waals surface area contributed by atoms with Crippen molar-refractivity contribution in [2.75, 3.05) is 18.1 Å². The van der Waals surface area contributed by atoms with E-state index >= 15 is 0 Å². The van der Waals surface area contributed by atoms with E-state index < -0.39 is 0 Å². The van der Waals surface area contributed by atoms with Gasteiger partial charge in [0.05, 0.1) is 6.54 Å². The molecular weight excluding hydrogens is 224 g/mol. The van der Waals surface area contributed by atoms with E-state index in [9.17, 15) is 4.79 Å². The van der Waals surface area contributed by atoms with Crippen LogP contribution in [0.3, 0.4) is 0 Å². The first-order valence-electron chi connectivity index (χ1n) is 5.01. The summed E-state index contributed by atoms with van der Waals surface area (Å²) in [6, 6.07) is 1.97. The second-order valence-corrected chi connectivity index (χ2v) is 4.35. The quantitative estimate of drug-likeness (QED) is 0.596. The largest absolute Gasteiger partial charge is 0.361 e. The molecule has 0 aliphatic carbocycles. The summed E-state index contributed by atoms with van der Waals surface area (Å²) < 4.78 is 0. The Kier molecular flexibility index (Phi) is 5.04. The van der Waals surface area contributed by atoms with Gasteiger partial charge in [-0.05, 0) is 20.1 Å². The third-order valence-electron chi connectivity index (χ3n) is 1.73. The summed E-state index contributed by atoms with van der Waals surface area (Å²) in [4.78, 5) is 19.4. The van der Waals surface area contributed by atoms with Gasteiger partial charge < -0.3 is 10.6 Å². The lowest BCUT2D eigenvalue weighted by Crippen LogP contribution is -2.34. The molecular formula is C10H16N4OS. The molecule has 0 radical (unpaired) electrons. The number of nitrogens with one attached hydrogen (secondary N) is 2. The minimum Gasteiger partial charge on any atom is -0.361 e. The molecule has 0 saturated carbocycles. The minimum atomic E-state index is -0.0423. The molecule has 0 aliphatic heterocycles. The Morgan fingerprint density at radius 3 is 2.88 bits per heavy atom. The maximum Gasteiger partial charge on any atom is 0.239 e. The molecule has 0 fully saturated rings. The smallest absolute Gasteiger partial charge is 0.239 e. The fraction of sp³-hybridized carbons (Fsp3) is 0.500. The molecule has 6 heteroatoms. The summed E-state index contributed by atoms with van der Waals surface area (Å²) in [5.74, 6) is 0.623. The molecule has 0 aliphatic rings. The van der Waals surface area contributed by atoms with Crippen LogP contribution >= 0.6 is 11.8 Å². The molecule has 0 atom stereocenters. The van der Waals surface area contributed by atoms with E-state index in [2.05, 4.69) is 20.6 Å². The number of amides is 1. The monoisotopic (exact) mass is 240 g/mol. The summed E-state index contributed by atoms with van der Waals surface area (Å²) in [5, 5.41) is 6.62. The Labute approximate surface area is 99.4 Å². The Bertz CT molecular complexity index is 356. The molecule has 0 bridgehead atoms. The molecule has 0 unspecified atom stereocenters. The predicted molar refractivity (Wildman–Crippen MR) is 65.6 cm³/mol. The van der Waals surface area contributed by atoms with E-state index in [1.54, 1.807) is 0 Å². The average Bonchev–Trinajstić information content (AvgIpc) is 2.26. The van der Waals surface area contributed by atoms with Crippen LogP contribution < -0.4 is 10.6 Å². The molecule has 0 saturated heterocycles. The van der Waals surface area contributed by atoms with E-state index in [1.165, 1.54) is 18.1 Å². The van der Waals surface area contributed by atoms with Gasteiger partial charge in [-0.15, -0.1) is 11.8 Å². The molecule has 88 valence electrons. The van der Waals surface area contributed by atoms with Gasteiger partial charge in [-0.2, -0.15) is 0 Å². The number of hydrogen-bond donors (Lipinski definition) is 2. The van der Waals surface area contributed by atoms with Crippen molar-refractivity contribution in [3.63, 3.8) is 0 Å². The molecule has 1 amide bonds. The summed E-state index contributed by atoms with van der Waals surface area (Å²) in [6.07, 6.45) is 3.42. The number of thioether (sulfide) groups is 1. The highest BCUT2D eigenvalue weighted by Gasteiger charge is 2.03. The Balaban J connectivity index is 2.45. The molecule has 1 aromatic heterocycles. The predicted octanol–water partition coefficient (Wildman–Crippen LogP) is 1.14. The standard InChI is InChI=1S/C10H16N4OS/c1-7(2)14-9(15)5-11-8-4-10(16-3)13-6-12-8/h4,6-7H,5H2,1-3H3,(H,14,15)(H,11,12,13). The SMILES string of the molecule is CSc1cc(NCC(=O)NC(C)C)ncn1. The van der Waals surface area contributed by atoms with Crippen molar-refractivity contribution in [1.29, 1.82) is 0 Å². The maximum atomic E-state index is 11.4. The maximum absolute atomic E-state index is 11.4. The summed E-state index contributed by atoms with van der Waals surface area (Å²) in [7, 11) is 0. The van der Waals surface area contributed by atoms with Crippen LogP contribution in [0.2, 0.25) is 0 Å². The van der Waals surface area contributed by atoms with Crippen LogP contribution in [0.25, 0.3) is 0 Å². The zero-order chi connectivity index (χ0) is 12.0. The third kappa shape index (κ3) is 4.48. The molecule has 0 aromatic carbocycles. The molecule has 1 aromatic rings. The number of hydrogen-bond acceptors (Lipinski definition) is 5. The molecule has 16 heavy (non-hydrogen) atoms. The molecule has 1 rings (SSSR count). The lowest BCUT2D eigenvalue weighted by Gasteiger charge is -2.09. The normalized spacial score (nSPS) is 10.2. The second-order valence-electron chi connectivity index (χ2n) is 3.52. The van der Waals surface area contributed by atoms with Crippen LogP contribution in [0, 0.1) is 0 Å². The Morgan fingerprint density at radius 2 is 2.25 bits per heavy atom. The molecule has 2 N–H and O–H groups in total. The zero-order valence-electron chi connectivity index (χ0n) is 9.65. The van der Waals surface area contributed by atoms with Crippen molar-refractivity contribution < 1.29 is 4.79 Å². The number of aromatic nitrogens is 2. The van der Waals surface area contributed by atoms with Gasteiger partial charge in [0.15, 0.2) is 0 Å². The molecule has 5 nitrogen and oxygen atoms in total. The van der Waals surface area contributed by atoms with Gasteiger partial charge in [-0.1, -0.05) is 0 Å². The van der Waals surface area contributed by atoms with Gasteiger partial charge in [-0.3, -0.25) is 4.79 Å². The number of anilines is 1. The highest BCUT2D eigenvalue weighted by atomic mass is 32.2. The van der Waals surface area contributed by atoms with Crippen LogP contribution in [0.5, 0.6) is 0 Å². The van der Waals surface area contributed by atoms with Gasteiger partial charge in [0.1, 0.15) is 17.2 Å². The minimum absolute atomic E-state index is 0.0423. The Morgan fingerprint density at radius 1 is 1.50 bits per heavy atom. The highest BCUT2D eigenvalue weighted by Crippen LogP contribution is 2.13. The first-order valence-corrected chi connectivity index (χ1v) is 6.23. The zero-order valence-corrected chi connectivity index (χ0v) is 10.5. The Hall–Kier alpha value is -1.30. The second kappa shape index (κ2) is 6.32. The van der Waals surface area contributed by atoms with Gasteiger partial charge in [-0.25, -0.2) is 9.97 Å². The van der Waals surface area contributed by atoms with Crippen molar-refractivity contribution >= 4 is 23.5 Å². The first-order chi connectivity index (χ1) is 7.61. The summed E-state index contributed by atoms with van der Waals surface area (Å²) in [6.45, 7) is 4.08. The van der Waals surface area contributed by atoms with Crippen LogP contribution in [0.4, 0.5) is 5.82 Å². The number of carbonyl (C=O) groups excluding carboxylic acids is 1. The van der Waals surface area contributed by atoms with Gasteiger partial charge in [0.2, 0.25) is 5.91 Å². The highest BCUT2D eigenvalue weighted by molar-refractivity contribution is 7.98. The van der Waals surface area contributed by atoms with E-state index in [0.717, 1.165) is 5.03 Å². The fourth-order valence-electron chi connectivity index (χ4n) is 1.09. The third-order valence-corrected chi connectivity index (χ3v) is 2.37. The van der Waals surface area contributed by atoms with E-state index in [-0.39, 0.29) is 18.5 Å². The van der Waals surface area contributed by atoms with Gasteiger partial charge in [0.25, 0.3) is 0 Å². The van der Waals surface area contributed by atoms with Crippen LogP contribution in [-0.4, -0.2) is 34.7 Å². The topological polar surface area (TPSA) is 66.9 Å². The average molecular weight is 240 g/mol. The van der Waals surface area contributed by atoms with Crippen molar-refractivity contribution in [3.05, 3.63) is 12.4 Å². The van der Waals surface area contributed by atoms with Gasteiger partial charge in [0, 0.05) is 12.1 Å². The van der Waals surface area contributed by atoms with Crippen molar-refractivity contribution in [2.45, 2.75) is 24.9 Å². The van der Waals surface area contributed by atoms with E-state index in [4.69, 9.17) is 0 Å². The van der Waals surface area contributed by atoms with Crippen LogP contribution in [0.1, 0.15) is 13.8 Å². The van der Waals surface area contributed by atoms with Crippen LogP contribution in [0.15, 0.2) is 17.4 Å². The lowest BCUT2D eigenvalue weighted by molar-refractivity contribution is -0.119. The summed E-state index contributed by atoms with van der Waals surface area (Å²) in [5.41, 5.74) is 0. The number of carbonyl (C=O) groups is 1. The lowest BCUT2D eigenvalue weighted by atomic mass is 10.4. The number of rotatable bonds is 5. The molecule has 0 spiro atoms. The summed E-state index contributed by atoms with van der Waals surface area (Å²) >= 11 is 1.54. The van der Waals surface area contributed by atoms with Crippen molar-refractivity contribution in [1.82, 2.24) is 15.3 Å². The van der Waals surface area contributed by atoms with Gasteiger partial charge >= 0.3 is 0 Å². The van der Waals surface area contributed by atoms with E-state index in [1.807, 2.05) is 26.2 Å². The van der Waals surface area contributed by atoms with Crippen LogP contribution in [-0.2, 0) is 4.79 Å². The van der Waals surface area contributed by atoms with Crippen molar-refractivity contribution in [2.24, 2.45) is 0 Å². The molecule has 1 heterocycles. The van der Waals surface area contributed by atoms with E-state index in [0.29, 0.717) is 5.82 Å².